The van der Waals surface area contributed by atoms with Crippen LogP contribution in [0.2, 0.25) is 0 Å². The molecule has 0 aliphatic carbocycles. The van der Waals surface area contributed by atoms with Gasteiger partial charge in [0.05, 0.1) is 15.7 Å². The molecule has 0 aliphatic rings. The summed E-state index contributed by atoms with van der Waals surface area (Å²) in [5.41, 5.74) is 0.997. The van der Waals surface area contributed by atoms with E-state index < -0.39 is 0 Å². The van der Waals surface area contributed by atoms with Crippen LogP contribution in [0.1, 0.15) is 10.7 Å². The third-order valence-electron chi connectivity index (χ3n) is 2.98. The average molecular weight is 428 g/mol. The molecule has 7 heteroatoms. The lowest BCUT2D eigenvalue weighted by molar-refractivity contribution is 0.932. The Morgan fingerprint density at radius 3 is 2.71 bits per heavy atom. The number of aryl methyl sites for hydroxylation is 1. The quantitative estimate of drug-likeness (QED) is 0.651. The molecule has 3 rings (SSSR count). The summed E-state index contributed by atoms with van der Waals surface area (Å²) >= 11 is 8.71. The van der Waals surface area contributed by atoms with Crippen molar-refractivity contribution in [2.45, 2.75) is 13.5 Å². The molecule has 0 fully saturated rings. The van der Waals surface area contributed by atoms with Gasteiger partial charge in [-0.25, -0.2) is 9.97 Å². The van der Waals surface area contributed by atoms with E-state index in [2.05, 4.69) is 53.2 Å². The van der Waals surface area contributed by atoms with Gasteiger partial charge in [-0.15, -0.1) is 11.3 Å². The summed E-state index contributed by atoms with van der Waals surface area (Å²) in [4.78, 5) is 9.92. The molecule has 108 valence electrons. The van der Waals surface area contributed by atoms with Gasteiger partial charge in [-0.2, -0.15) is 0 Å². The molecule has 0 amide bonds. The SMILES string of the molecule is Cc1nccn1-c1ccc(NCc2cc(Br)c(Br)s2)cn1. The monoisotopic (exact) mass is 426 g/mol. The molecule has 4 nitrogen and oxygen atoms in total. The molecule has 1 N–H and O–H groups in total. The first-order chi connectivity index (χ1) is 10.1. The van der Waals surface area contributed by atoms with Gasteiger partial charge in [0.2, 0.25) is 0 Å². The van der Waals surface area contributed by atoms with Crippen LogP contribution in [-0.2, 0) is 6.54 Å². The van der Waals surface area contributed by atoms with Crippen molar-refractivity contribution in [1.82, 2.24) is 14.5 Å². The van der Waals surface area contributed by atoms with Crippen LogP contribution in [0.15, 0.2) is 45.0 Å². The Hall–Kier alpha value is -1.18. The van der Waals surface area contributed by atoms with Crippen molar-refractivity contribution >= 4 is 48.9 Å². The Labute approximate surface area is 143 Å². The highest BCUT2D eigenvalue weighted by molar-refractivity contribution is 9.13. The molecular formula is C14H12Br2N4S. The summed E-state index contributed by atoms with van der Waals surface area (Å²) in [5, 5.41) is 3.37. The van der Waals surface area contributed by atoms with Crippen LogP contribution in [0.4, 0.5) is 5.69 Å². The van der Waals surface area contributed by atoms with Crippen LogP contribution in [0.5, 0.6) is 0 Å². The van der Waals surface area contributed by atoms with Gasteiger partial charge in [-0.05, 0) is 57.0 Å². The Kier molecular flexibility index (Phi) is 4.42. The van der Waals surface area contributed by atoms with Gasteiger partial charge in [0.25, 0.3) is 0 Å². The minimum Gasteiger partial charge on any atom is -0.379 e. The molecule has 0 saturated carbocycles. The summed E-state index contributed by atoms with van der Waals surface area (Å²) < 4.78 is 4.16. The van der Waals surface area contributed by atoms with Crippen LogP contribution < -0.4 is 5.32 Å². The van der Waals surface area contributed by atoms with Gasteiger partial charge in [0.15, 0.2) is 0 Å². The fourth-order valence-electron chi connectivity index (χ4n) is 1.92. The Bertz CT molecular complexity index is 729. The lowest BCUT2D eigenvalue weighted by Crippen LogP contribution is -2.01. The van der Waals surface area contributed by atoms with E-state index >= 15 is 0 Å². The van der Waals surface area contributed by atoms with Crippen molar-refractivity contribution in [3.8, 4) is 5.82 Å². The van der Waals surface area contributed by atoms with Crippen molar-refractivity contribution in [3.63, 3.8) is 0 Å². The van der Waals surface area contributed by atoms with E-state index in [1.807, 2.05) is 36.0 Å². The predicted molar refractivity (Wildman–Crippen MR) is 93.1 cm³/mol. The predicted octanol–water partition coefficient (Wildman–Crippen LogP) is 4.77. The van der Waals surface area contributed by atoms with Gasteiger partial charge in [0.1, 0.15) is 11.6 Å². The van der Waals surface area contributed by atoms with E-state index in [0.717, 1.165) is 32.1 Å². The first kappa shape index (κ1) is 14.7. The van der Waals surface area contributed by atoms with Crippen LogP contribution in [-0.4, -0.2) is 14.5 Å². The van der Waals surface area contributed by atoms with E-state index in [9.17, 15) is 0 Å². The van der Waals surface area contributed by atoms with E-state index in [0.29, 0.717) is 0 Å². The number of hydrogen-bond acceptors (Lipinski definition) is 4. The Morgan fingerprint density at radius 1 is 1.29 bits per heavy atom. The van der Waals surface area contributed by atoms with Crippen molar-refractivity contribution in [2.24, 2.45) is 0 Å². The summed E-state index contributed by atoms with van der Waals surface area (Å²) in [5.74, 6) is 1.80. The number of anilines is 1. The standard InChI is InChI=1S/C14H12Br2N4S/c1-9-17-4-5-20(9)13-3-2-10(7-19-13)18-8-11-6-12(15)14(16)21-11/h2-7,18H,8H2,1H3. The molecule has 0 radical (unpaired) electrons. The van der Waals surface area contributed by atoms with Gasteiger partial charge in [-0.1, -0.05) is 0 Å². The number of imidazole rings is 1. The van der Waals surface area contributed by atoms with Crippen molar-refractivity contribution in [1.29, 1.82) is 0 Å². The molecule has 0 aromatic carbocycles. The fraction of sp³-hybridized carbons (Fsp3) is 0.143. The second kappa shape index (κ2) is 6.29. The van der Waals surface area contributed by atoms with Crippen molar-refractivity contribution < 1.29 is 0 Å². The number of hydrogen-bond donors (Lipinski definition) is 1. The normalized spacial score (nSPS) is 10.8. The minimum absolute atomic E-state index is 0.778. The second-order valence-electron chi connectivity index (χ2n) is 4.44. The van der Waals surface area contributed by atoms with Crippen LogP contribution in [0.25, 0.3) is 5.82 Å². The maximum absolute atomic E-state index is 4.46. The summed E-state index contributed by atoms with van der Waals surface area (Å²) in [7, 11) is 0. The molecule has 0 aliphatic heterocycles. The molecule has 0 saturated heterocycles. The topological polar surface area (TPSA) is 42.7 Å². The number of aromatic nitrogens is 3. The van der Waals surface area contributed by atoms with Crippen LogP contribution in [0, 0.1) is 6.92 Å². The summed E-state index contributed by atoms with van der Waals surface area (Å²) in [6.07, 6.45) is 5.52. The number of nitrogens with one attached hydrogen (secondary N) is 1. The first-order valence-corrected chi connectivity index (χ1v) is 8.67. The zero-order valence-corrected chi connectivity index (χ0v) is 15.2. The lowest BCUT2D eigenvalue weighted by Gasteiger charge is -2.07. The third kappa shape index (κ3) is 3.36. The van der Waals surface area contributed by atoms with Gasteiger partial charge >= 0.3 is 0 Å². The average Bonchev–Trinajstić information content (AvgIpc) is 3.04. The maximum atomic E-state index is 4.46. The van der Waals surface area contributed by atoms with E-state index in [1.54, 1.807) is 17.5 Å². The molecule has 0 bridgehead atoms. The number of thiophene rings is 1. The highest BCUT2D eigenvalue weighted by atomic mass is 79.9. The van der Waals surface area contributed by atoms with Gasteiger partial charge in [0, 0.05) is 28.3 Å². The minimum atomic E-state index is 0.778. The molecule has 3 aromatic heterocycles. The van der Waals surface area contributed by atoms with E-state index in [-0.39, 0.29) is 0 Å². The first-order valence-electron chi connectivity index (χ1n) is 6.27. The highest BCUT2D eigenvalue weighted by Crippen LogP contribution is 2.32. The van der Waals surface area contributed by atoms with Crippen molar-refractivity contribution in [2.75, 3.05) is 5.32 Å². The molecule has 21 heavy (non-hydrogen) atoms. The number of halogens is 2. The van der Waals surface area contributed by atoms with E-state index in [4.69, 9.17) is 0 Å². The zero-order valence-electron chi connectivity index (χ0n) is 11.2. The number of rotatable bonds is 4. The molecule has 0 atom stereocenters. The van der Waals surface area contributed by atoms with Crippen LogP contribution >= 0.6 is 43.2 Å². The lowest BCUT2D eigenvalue weighted by atomic mass is 10.3. The Morgan fingerprint density at radius 2 is 2.14 bits per heavy atom. The summed E-state index contributed by atoms with van der Waals surface area (Å²) in [6, 6.07) is 6.12. The zero-order chi connectivity index (χ0) is 14.8. The summed E-state index contributed by atoms with van der Waals surface area (Å²) in [6.45, 7) is 2.74. The van der Waals surface area contributed by atoms with Crippen LogP contribution in [0.3, 0.4) is 0 Å². The third-order valence-corrected chi connectivity index (χ3v) is 6.24. The largest absolute Gasteiger partial charge is 0.379 e. The number of nitrogens with zero attached hydrogens (tertiary/aromatic N) is 3. The van der Waals surface area contributed by atoms with Crippen molar-refractivity contribution in [3.05, 3.63) is 55.8 Å². The van der Waals surface area contributed by atoms with Gasteiger partial charge in [-0.3, -0.25) is 4.57 Å². The molecule has 3 heterocycles. The fourth-order valence-corrected chi connectivity index (χ4v) is 4.04. The number of pyridine rings is 1. The molecule has 0 unspecified atom stereocenters. The maximum Gasteiger partial charge on any atom is 0.138 e. The molecule has 0 spiro atoms. The highest BCUT2D eigenvalue weighted by Gasteiger charge is 2.05. The molecule has 3 aromatic rings. The smallest absolute Gasteiger partial charge is 0.138 e. The molecular weight excluding hydrogens is 416 g/mol. The van der Waals surface area contributed by atoms with E-state index in [1.165, 1.54) is 4.88 Å². The Balaban J connectivity index is 1.69. The van der Waals surface area contributed by atoms with Gasteiger partial charge < -0.3 is 5.32 Å². The second-order valence-corrected chi connectivity index (χ2v) is 7.75.